The molecule has 2 aliphatic rings. The summed E-state index contributed by atoms with van der Waals surface area (Å²) in [7, 11) is 0. The molecule has 1 aromatic rings. The zero-order valence-corrected chi connectivity index (χ0v) is 14.0. The van der Waals surface area contributed by atoms with Crippen LogP contribution < -0.4 is 4.90 Å². The maximum Gasteiger partial charge on any atom is 0.419 e. The number of carbonyl (C=O) groups excluding carboxylic acids is 1. The third kappa shape index (κ3) is 3.48. The molecule has 0 radical (unpaired) electrons. The first-order chi connectivity index (χ1) is 11.8. The number of hydrogen-bond acceptors (Lipinski definition) is 4. The second kappa shape index (κ2) is 6.65. The van der Waals surface area contributed by atoms with Gasteiger partial charge in [-0.3, -0.25) is 4.79 Å². The van der Waals surface area contributed by atoms with E-state index < -0.39 is 11.7 Å². The van der Waals surface area contributed by atoms with Crippen LogP contribution in [0.15, 0.2) is 25.0 Å². The van der Waals surface area contributed by atoms with Crippen LogP contribution in [0.2, 0.25) is 0 Å². The number of anilines is 1. The molecule has 1 aromatic heterocycles. The van der Waals surface area contributed by atoms with E-state index >= 15 is 0 Å². The molecule has 136 valence electrons. The van der Waals surface area contributed by atoms with Crippen LogP contribution in [-0.2, 0) is 11.0 Å². The first-order valence-corrected chi connectivity index (χ1v) is 8.38. The van der Waals surface area contributed by atoms with E-state index in [-0.39, 0.29) is 23.8 Å². The molecule has 0 unspecified atom stereocenters. The molecule has 3 heterocycles. The number of carbonyl (C=O) groups is 1. The lowest BCUT2D eigenvalue weighted by Crippen LogP contribution is -2.46. The second-order valence-corrected chi connectivity index (χ2v) is 6.72. The Hall–Kier alpha value is -2.12. The van der Waals surface area contributed by atoms with Crippen LogP contribution in [0.4, 0.5) is 19.1 Å². The van der Waals surface area contributed by atoms with E-state index in [1.165, 1.54) is 0 Å². The predicted octanol–water partition coefficient (Wildman–Crippen LogP) is 2.74. The number of likely N-dealkylation sites (tertiary alicyclic amines) is 1. The summed E-state index contributed by atoms with van der Waals surface area (Å²) in [5.74, 6) is 0.584. The number of alkyl halides is 3. The predicted molar refractivity (Wildman–Crippen MR) is 86.8 cm³/mol. The third-order valence-electron chi connectivity index (χ3n) is 5.07. The zero-order chi connectivity index (χ0) is 18.2. The van der Waals surface area contributed by atoms with Gasteiger partial charge in [0.15, 0.2) is 0 Å². The van der Waals surface area contributed by atoms with Gasteiger partial charge in [-0.25, -0.2) is 9.97 Å². The van der Waals surface area contributed by atoms with Crippen LogP contribution in [0, 0.1) is 11.8 Å². The Balaban J connectivity index is 1.61. The van der Waals surface area contributed by atoms with Crippen molar-refractivity contribution in [2.45, 2.75) is 32.0 Å². The van der Waals surface area contributed by atoms with E-state index in [2.05, 4.69) is 23.5 Å². The first-order valence-electron chi connectivity index (χ1n) is 8.38. The number of piperidine rings is 1. The molecule has 0 aliphatic carbocycles. The SMILES string of the molecule is C=C[C@@H]1C(=O)N(C2CCN(c3ncc(C(F)(F)F)cn3)CC2)C[C@H]1C. The van der Waals surface area contributed by atoms with E-state index in [1.807, 2.05) is 9.80 Å². The minimum absolute atomic E-state index is 0.115. The van der Waals surface area contributed by atoms with Crippen molar-refractivity contribution in [1.29, 1.82) is 0 Å². The van der Waals surface area contributed by atoms with Crippen LogP contribution in [0.5, 0.6) is 0 Å². The van der Waals surface area contributed by atoms with Gasteiger partial charge in [-0.1, -0.05) is 13.0 Å². The quantitative estimate of drug-likeness (QED) is 0.783. The molecule has 2 aliphatic heterocycles. The summed E-state index contributed by atoms with van der Waals surface area (Å²) >= 11 is 0. The van der Waals surface area contributed by atoms with E-state index in [0.29, 0.717) is 19.0 Å². The molecule has 2 atom stereocenters. The smallest absolute Gasteiger partial charge is 0.341 e. The summed E-state index contributed by atoms with van der Waals surface area (Å²) in [5.41, 5.74) is -0.849. The minimum atomic E-state index is -4.43. The summed E-state index contributed by atoms with van der Waals surface area (Å²) in [4.78, 5) is 23.9. The Bertz CT molecular complexity index is 638. The molecule has 25 heavy (non-hydrogen) atoms. The average molecular weight is 354 g/mol. The molecule has 5 nitrogen and oxygen atoms in total. The topological polar surface area (TPSA) is 49.3 Å². The highest BCUT2D eigenvalue weighted by molar-refractivity contribution is 5.83. The van der Waals surface area contributed by atoms with Crippen LogP contribution in [0.3, 0.4) is 0 Å². The van der Waals surface area contributed by atoms with Crippen molar-refractivity contribution in [2.24, 2.45) is 11.8 Å². The Morgan fingerprint density at radius 3 is 2.32 bits per heavy atom. The molecule has 2 saturated heterocycles. The number of aromatic nitrogens is 2. The van der Waals surface area contributed by atoms with Gasteiger partial charge in [0.2, 0.25) is 11.9 Å². The number of amides is 1. The summed E-state index contributed by atoms with van der Waals surface area (Å²) in [5, 5.41) is 0. The highest BCUT2D eigenvalue weighted by Crippen LogP contribution is 2.31. The standard InChI is InChI=1S/C17H21F3N4O/c1-3-14-11(2)10-24(15(14)25)13-4-6-23(7-5-13)16-21-8-12(9-22-16)17(18,19)20/h3,8-9,11,13-14H,1,4-7,10H2,2H3/t11-,14+/m1/s1. The molecule has 1 amide bonds. The van der Waals surface area contributed by atoms with Gasteiger partial charge in [0.1, 0.15) is 0 Å². The Morgan fingerprint density at radius 2 is 1.84 bits per heavy atom. The van der Waals surface area contributed by atoms with Crippen molar-refractivity contribution in [3.8, 4) is 0 Å². The van der Waals surface area contributed by atoms with Crippen molar-refractivity contribution in [3.63, 3.8) is 0 Å². The summed E-state index contributed by atoms with van der Waals surface area (Å²) in [6.45, 7) is 7.77. The van der Waals surface area contributed by atoms with E-state index in [9.17, 15) is 18.0 Å². The van der Waals surface area contributed by atoms with Gasteiger partial charge in [0.05, 0.1) is 11.5 Å². The monoisotopic (exact) mass is 354 g/mol. The largest absolute Gasteiger partial charge is 0.419 e. The molecule has 0 saturated carbocycles. The lowest BCUT2D eigenvalue weighted by Gasteiger charge is -2.36. The number of halogens is 3. The van der Waals surface area contributed by atoms with Crippen molar-refractivity contribution in [2.75, 3.05) is 24.5 Å². The molecule has 2 fully saturated rings. The zero-order valence-electron chi connectivity index (χ0n) is 14.0. The molecule has 0 bridgehead atoms. The van der Waals surface area contributed by atoms with E-state index in [0.717, 1.165) is 31.8 Å². The normalized spacial score (nSPS) is 25.5. The highest BCUT2D eigenvalue weighted by Gasteiger charge is 2.40. The number of rotatable bonds is 3. The summed E-state index contributed by atoms with van der Waals surface area (Å²) in [6.07, 6.45) is 0.432. The van der Waals surface area contributed by atoms with Gasteiger partial charge >= 0.3 is 6.18 Å². The van der Waals surface area contributed by atoms with Crippen molar-refractivity contribution in [1.82, 2.24) is 14.9 Å². The highest BCUT2D eigenvalue weighted by atomic mass is 19.4. The molecular formula is C17H21F3N4O. The van der Waals surface area contributed by atoms with E-state index in [1.54, 1.807) is 6.08 Å². The Morgan fingerprint density at radius 1 is 1.24 bits per heavy atom. The second-order valence-electron chi connectivity index (χ2n) is 6.72. The lowest BCUT2D eigenvalue weighted by molar-refractivity contribution is -0.138. The minimum Gasteiger partial charge on any atom is -0.341 e. The van der Waals surface area contributed by atoms with Gasteiger partial charge in [0.25, 0.3) is 0 Å². The summed E-state index contributed by atoms with van der Waals surface area (Å²) < 4.78 is 37.7. The van der Waals surface area contributed by atoms with Gasteiger partial charge in [-0.05, 0) is 18.8 Å². The van der Waals surface area contributed by atoms with Gasteiger partial charge in [0, 0.05) is 38.1 Å². The molecule has 8 heteroatoms. The van der Waals surface area contributed by atoms with Crippen LogP contribution in [0.1, 0.15) is 25.3 Å². The maximum atomic E-state index is 12.6. The van der Waals surface area contributed by atoms with Crippen LogP contribution in [0.25, 0.3) is 0 Å². The first kappa shape index (κ1) is 17.7. The number of nitrogens with zero attached hydrogens (tertiary/aromatic N) is 4. The molecule has 0 spiro atoms. The fraction of sp³-hybridized carbons (Fsp3) is 0.588. The Kier molecular flexibility index (Phi) is 4.71. The average Bonchev–Trinajstić information content (AvgIpc) is 2.88. The third-order valence-corrected chi connectivity index (χ3v) is 5.07. The van der Waals surface area contributed by atoms with Crippen LogP contribution >= 0.6 is 0 Å². The van der Waals surface area contributed by atoms with Crippen molar-refractivity contribution < 1.29 is 18.0 Å². The van der Waals surface area contributed by atoms with Crippen molar-refractivity contribution >= 4 is 11.9 Å². The molecule has 3 rings (SSSR count). The lowest BCUT2D eigenvalue weighted by atomic mass is 9.98. The fourth-order valence-corrected chi connectivity index (χ4v) is 3.62. The Labute approximate surface area is 144 Å². The molecule has 0 N–H and O–H groups in total. The van der Waals surface area contributed by atoms with Gasteiger partial charge < -0.3 is 9.80 Å². The fourth-order valence-electron chi connectivity index (χ4n) is 3.62. The van der Waals surface area contributed by atoms with Gasteiger partial charge in [-0.2, -0.15) is 13.2 Å². The maximum absolute atomic E-state index is 12.6. The van der Waals surface area contributed by atoms with E-state index in [4.69, 9.17) is 0 Å². The van der Waals surface area contributed by atoms with Crippen LogP contribution in [-0.4, -0.2) is 46.5 Å². The summed E-state index contributed by atoms with van der Waals surface area (Å²) in [6, 6.07) is 0.158. The number of hydrogen-bond donors (Lipinski definition) is 0. The molecular weight excluding hydrogens is 333 g/mol. The van der Waals surface area contributed by atoms with Gasteiger partial charge in [-0.15, -0.1) is 6.58 Å². The molecule has 0 aromatic carbocycles. The van der Waals surface area contributed by atoms with Crippen molar-refractivity contribution in [3.05, 3.63) is 30.6 Å².